The molecule has 0 fully saturated rings. The van der Waals surface area contributed by atoms with E-state index in [0.717, 1.165) is 5.56 Å². The largest absolute Gasteiger partial charge is 0.480 e. The molecule has 0 unspecified atom stereocenters. The number of nitrogens with one attached hydrogen (secondary N) is 2. The lowest BCUT2D eigenvalue weighted by molar-refractivity contribution is -0.137. The molecule has 0 aromatic heterocycles. The fourth-order valence-corrected chi connectivity index (χ4v) is 2.30. The van der Waals surface area contributed by atoms with Gasteiger partial charge in [-0.25, -0.2) is 0 Å². The molecule has 0 heterocycles. The lowest BCUT2D eigenvalue weighted by atomic mass is 10.2. The van der Waals surface area contributed by atoms with Crippen molar-refractivity contribution in [3.05, 3.63) is 88.6 Å². The minimum atomic E-state index is -1.19. The first-order valence-electron chi connectivity index (χ1n) is 7.96. The molecular weight excluding hydrogens is 368 g/mol. The van der Waals surface area contributed by atoms with Crippen molar-refractivity contribution in [1.29, 1.82) is 0 Å². The molecule has 0 aliphatic heterocycles. The molecule has 27 heavy (non-hydrogen) atoms. The maximum Gasteiger partial charge on any atom is 0.322 e. The van der Waals surface area contributed by atoms with E-state index in [1.807, 2.05) is 30.3 Å². The minimum absolute atomic E-state index is 0.103. The summed E-state index contributed by atoms with van der Waals surface area (Å²) in [7, 11) is 0. The lowest BCUT2D eigenvalue weighted by Gasteiger charge is -2.10. The van der Waals surface area contributed by atoms with E-state index < -0.39 is 24.3 Å². The Morgan fingerprint density at radius 1 is 1.00 bits per heavy atom. The van der Waals surface area contributed by atoms with Crippen LogP contribution in [0.2, 0.25) is 5.02 Å². The average Bonchev–Trinajstić information content (AvgIpc) is 2.66. The fourth-order valence-electron chi connectivity index (χ4n) is 2.08. The van der Waals surface area contributed by atoms with Crippen molar-refractivity contribution in [2.24, 2.45) is 0 Å². The van der Waals surface area contributed by atoms with E-state index >= 15 is 0 Å². The predicted molar refractivity (Wildman–Crippen MR) is 103 cm³/mol. The highest BCUT2D eigenvalue weighted by atomic mass is 35.5. The molecule has 0 atom stereocenters. The van der Waals surface area contributed by atoms with Gasteiger partial charge in [0.05, 0.1) is 10.6 Å². The average molecular weight is 385 g/mol. The molecule has 138 valence electrons. The van der Waals surface area contributed by atoms with E-state index in [1.165, 1.54) is 12.1 Å². The van der Waals surface area contributed by atoms with E-state index in [1.54, 1.807) is 30.4 Å². The van der Waals surface area contributed by atoms with E-state index in [-0.39, 0.29) is 16.3 Å². The third kappa shape index (κ3) is 6.45. The SMILES string of the molecule is O=C(O)CNC(=O)/C(=C\C=C\c1ccccc1)NC(=O)c1ccccc1Cl. The number of halogens is 1. The summed E-state index contributed by atoms with van der Waals surface area (Å²) in [6, 6.07) is 15.7. The number of carboxylic acids is 1. The maximum absolute atomic E-state index is 12.4. The van der Waals surface area contributed by atoms with Crippen LogP contribution in [0.5, 0.6) is 0 Å². The van der Waals surface area contributed by atoms with Crippen molar-refractivity contribution in [1.82, 2.24) is 10.6 Å². The summed E-state index contributed by atoms with van der Waals surface area (Å²) in [5, 5.41) is 13.6. The van der Waals surface area contributed by atoms with Crippen LogP contribution in [0.25, 0.3) is 6.08 Å². The molecule has 0 saturated carbocycles. The molecule has 0 spiro atoms. The first-order chi connectivity index (χ1) is 13.0. The summed E-state index contributed by atoms with van der Waals surface area (Å²) in [6.07, 6.45) is 4.71. The van der Waals surface area contributed by atoms with E-state index in [0.29, 0.717) is 0 Å². The maximum atomic E-state index is 12.4. The number of carbonyl (C=O) groups is 3. The number of aliphatic carboxylic acids is 1. The van der Waals surface area contributed by atoms with Crippen LogP contribution in [0.3, 0.4) is 0 Å². The van der Waals surface area contributed by atoms with Crippen molar-refractivity contribution < 1.29 is 19.5 Å². The topological polar surface area (TPSA) is 95.5 Å². The Hall–Kier alpha value is -3.38. The van der Waals surface area contributed by atoms with Crippen LogP contribution in [0.1, 0.15) is 15.9 Å². The van der Waals surface area contributed by atoms with Gasteiger partial charge in [-0.3, -0.25) is 14.4 Å². The second-order valence-electron chi connectivity index (χ2n) is 5.36. The zero-order valence-electron chi connectivity index (χ0n) is 14.2. The number of hydrogen-bond donors (Lipinski definition) is 3. The molecule has 2 aromatic rings. The molecule has 2 amide bonds. The second-order valence-corrected chi connectivity index (χ2v) is 5.77. The van der Waals surface area contributed by atoms with Gasteiger partial charge in [-0.15, -0.1) is 0 Å². The number of rotatable bonds is 7. The summed E-state index contributed by atoms with van der Waals surface area (Å²) >= 11 is 6.00. The highest BCUT2D eigenvalue weighted by molar-refractivity contribution is 6.34. The van der Waals surface area contributed by atoms with Crippen LogP contribution in [-0.2, 0) is 9.59 Å². The van der Waals surface area contributed by atoms with Gasteiger partial charge in [0.1, 0.15) is 12.2 Å². The fraction of sp³-hybridized carbons (Fsp3) is 0.0500. The molecule has 0 radical (unpaired) electrons. The van der Waals surface area contributed by atoms with Crippen LogP contribution in [-0.4, -0.2) is 29.4 Å². The first kappa shape index (κ1) is 19.9. The van der Waals surface area contributed by atoms with Crippen LogP contribution in [0.15, 0.2) is 72.4 Å². The van der Waals surface area contributed by atoms with Gasteiger partial charge < -0.3 is 15.7 Å². The van der Waals surface area contributed by atoms with Crippen LogP contribution >= 0.6 is 11.6 Å². The number of hydrogen-bond acceptors (Lipinski definition) is 3. The van der Waals surface area contributed by atoms with Gasteiger partial charge in [-0.1, -0.05) is 66.2 Å². The predicted octanol–water partition coefficient (Wildman–Crippen LogP) is 2.87. The Kier molecular flexibility index (Phi) is 7.34. The summed E-state index contributed by atoms with van der Waals surface area (Å²) in [5.41, 5.74) is 0.993. The van der Waals surface area contributed by atoms with Gasteiger partial charge >= 0.3 is 5.97 Å². The second kappa shape index (κ2) is 9.94. The van der Waals surface area contributed by atoms with Gasteiger partial charge in [0.25, 0.3) is 11.8 Å². The van der Waals surface area contributed by atoms with Crippen LogP contribution < -0.4 is 10.6 Å². The van der Waals surface area contributed by atoms with Gasteiger partial charge in [0.15, 0.2) is 0 Å². The number of carbonyl (C=O) groups excluding carboxylic acids is 2. The zero-order valence-corrected chi connectivity index (χ0v) is 14.9. The standard InChI is InChI=1S/C20H17ClN2O4/c21-16-11-5-4-10-15(16)19(26)23-17(20(27)22-13-18(24)25)12-6-9-14-7-2-1-3-8-14/h1-12H,13H2,(H,22,27)(H,23,26)(H,24,25)/b9-6+,17-12+. The van der Waals surface area contributed by atoms with Crippen molar-refractivity contribution in [3.63, 3.8) is 0 Å². The van der Waals surface area contributed by atoms with Crippen LogP contribution in [0, 0.1) is 0 Å². The highest BCUT2D eigenvalue weighted by Gasteiger charge is 2.16. The minimum Gasteiger partial charge on any atom is -0.480 e. The van der Waals surface area contributed by atoms with E-state index in [2.05, 4.69) is 10.6 Å². The first-order valence-corrected chi connectivity index (χ1v) is 8.34. The molecule has 7 heteroatoms. The Labute approximate surface area is 161 Å². The monoisotopic (exact) mass is 384 g/mol. The molecule has 0 bridgehead atoms. The molecule has 0 aliphatic carbocycles. The molecule has 2 rings (SSSR count). The number of carboxylic acid groups (broad SMARTS) is 1. The van der Waals surface area contributed by atoms with Crippen molar-refractivity contribution in [2.45, 2.75) is 0 Å². The zero-order chi connectivity index (χ0) is 19.6. The van der Waals surface area contributed by atoms with Gasteiger partial charge in [0.2, 0.25) is 0 Å². The van der Waals surface area contributed by atoms with Gasteiger partial charge in [0, 0.05) is 0 Å². The normalized spacial score (nSPS) is 11.2. The summed E-state index contributed by atoms with van der Waals surface area (Å²) in [4.78, 5) is 35.3. The van der Waals surface area contributed by atoms with Crippen molar-refractivity contribution >= 4 is 35.5 Å². The Morgan fingerprint density at radius 3 is 2.33 bits per heavy atom. The number of amides is 2. The van der Waals surface area contributed by atoms with E-state index in [9.17, 15) is 14.4 Å². The molecule has 0 saturated heterocycles. The Morgan fingerprint density at radius 2 is 1.67 bits per heavy atom. The molecular formula is C20H17ClN2O4. The highest BCUT2D eigenvalue weighted by Crippen LogP contribution is 2.15. The lowest BCUT2D eigenvalue weighted by Crippen LogP contribution is -2.37. The Balaban J connectivity index is 2.20. The van der Waals surface area contributed by atoms with Gasteiger partial charge in [-0.2, -0.15) is 0 Å². The summed E-state index contributed by atoms with van der Waals surface area (Å²) in [6.45, 7) is -0.569. The molecule has 3 N–H and O–H groups in total. The quantitative estimate of drug-likeness (QED) is 0.505. The van der Waals surface area contributed by atoms with Crippen molar-refractivity contribution in [2.75, 3.05) is 6.54 Å². The van der Waals surface area contributed by atoms with Crippen molar-refractivity contribution in [3.8, 4) is 0 Å². The smallest absolute Gasteiger partial charge is 0.322 e. The Bertz CT molecular complexity index is 892. The van der Waals surface area contributed by atoms with Gasteiger partial charge in [-0.05, 0) is 23.8 Å². The number of allylic oxidation sites excluding steroid dienone is 2. The summed E-state index contributed by atoms with van der Waals surface area (Å²) < 4.78 is 0. The molecule has 0 aliphatic rings. The van der Waals surface area contributed by atoms with E-state index in [4.69, 9.17) is 16.7 Å². The summed E-state index contributed by atoms with van der Waals surface area (Å²) in [5.74, 6) is -2.50. The third-order valence-corrected chi connectivity index (χ3v) is 3.69. The molecule has 6 nitrogen and oxygen atoms in total. The third-order valence-electron chi connectivity index (χ3n) is 3.36. The number of benzene rings is 2. The van der Waals surface area contributed by atoms with Crippen LogP contribution in [0.4, 0.5) is 0 Å². The molecule has 2 aromatic carbocycles.